The summed E-state index contributed by atoms with van der Waals surface area (Å²) in [4.78, 5) is 25.4. The van der Waals surface area contributed by atoms with Crippen molar-refractivity contribution in [2.24, 2.45) is 7.05 Å². The first-order valence-corrected chi connectivity index (χ1v) is 7.31. The molecule has 1 aromatic rings. The highest BCUT2D eigenvalue weighted by molar-refractivity contribution is 5.87. The second-order valence-corrected chi connectivity index (χ2v) is 5.22. The summed E-state index contributed by atoms with van der Waals surface area (Å²) >= 11 is 0. The highest BCUT2D eigenvalue weighted by Gasteiger charge is 2.29. The van der Waals surface area contributed by atoms with Gasteiger partial charge in [-0.3, -0.25) is 14.3 Å². The number of nitrogens with zero attached hydrogens (tertiary/aromatic N) is 3. The van der Waals surface area contributed by atoms with Crippen LogP contribution in [0.3, 0.4) is 0 Å². The van der Waals surface area contributed by atoms with Crippen molar-refractivity contribution in [2.75, 3.05) is 13.1 Å². The third-order valence-electron chi connectivity index (χ3n) is 3.85. The number of nitrogens with one attached hydrogen (secondary N) is 1. The molecule has 1 aromatic heterocycles. The van der Waals surface area contributed by atoms with Crippen molar-refractivity contribution in [3.8, 4) is 0 Å². The lowest BCUT2D eigenvalue weighted by molar-refractivity contribution is -0.135. The molecule has 2 rings (SSSR count). The minimum atomic E-state index is -0.246. The van der Waals surface area contributed by atoms with E-state index < -0.39 is 0 Å². The number of amides is 2. The summed E-state index contributed by atoms with van der Waals surface area (Å²) in [7, 11) is 1.90. The standard InChI is InChI=1S/C15H22N4O2/c1-3-14(20)16-9-8-15(21)19-11-5-4-6-13(19)12-7-10-17-18(12)2/h3,7,10,13H,1,4-6,8-9,11H2,2H3,(H,16,20). The summed E-state index contributed by atoms with van der Waals surface area (Å²) in [6.45, 7) is 4.50. The van der Waals surface area contributed by atoms with Crippen LogP contribution in [0.15, 0.2) is 24.9 Å². The van der Waals surface area contributed by atoms with Crippen LogP contribution in [0.4, 0.5) is 0 Å². The fourth-order valence-corrected chi connectivity index (χ4v) is 2.76. The van der Waals surface area contributed by atoms with Crippen LogP contribution in [0, 0.1) is 0 Å². The van der Waals surface area contributed by atoms with Gasteiger partial charge in [-0.15, -0.1) is 0 Å². The van der Waals surface area contributed by atoms with Crippen molar-refractivity contribution in [1.29, 1.82) is 0 Å². The van der Waals surface area contributed by atoms with E-state index >= 15 is 0 Å². The van der Waals surface area contributed by atoms with Gasteiger partial charge in [0.05, 0.1) is 11.7 Å². The number of hydrogen-bond acceptors (Lipinski definition) is 3. The number of aryl methyl sites for hydroxylation is 1. The van der Waals surface area contributed by atoms with Crippen LogP contribution < -0.4 is 5.32 Å². The summed E-state index contributed by atoms with van der Waals surface area (Å²) in [5.41, 5.74) is 1.07. The highest BCUT2D eigenvalue weighted by atomic mass is 16.2. The van der Waals surface area contributed by atoms with Crippen molar-refractivity contribution >= 4 is 11.8 Å². The van der Waals surface area contributed by atoms with Crippen molar-refractivity contribution in [3.63, 3.8) is 0 Å². The zero-order chi connectivity index (χ0) is 15.2. The fraction of sp³-hybridized carbons (Fsp3) is 0.533. The largest absolute Gasteiger partial charge is 0.352 e. The van der Waals surface area contributed by atoms with Gasteiger partial charge in [0.1, 0.15) is 0 Å². The van der Waals surface area contributed by atoms with Crippen LogP contribution in [-0.2, 0) is 16.6 Å². The highest BCUT2D eigenvalue weighted by Crippen LogP contribution is 2.30. The Morgan fingerprint density at radius 2 is 2.33 bits per heavy atom. The van der Waals surface area contributed by atoms with Crippen LogP contribution in [0.5, 0.6) is 0 Å². The monoisotopic (exact) mass is 290 g/mol. The summed E-state index contributed by atoms with van der Waals surface area (Å²) in [6.07, 6.45) is 6.39. The van der Waals surface area contributed by atoms with E-state index in [1.54, 1.807) is 6.20 Å². The maximum Gasteiger partial charge on any atom is 0.243 e. The van der Waals surface area contributed by atoms with Gasteiger partial charge in [0.15, 0.2) is 0 Å². The Balaban J connectivity index is 1.98. The molecule has 1 aliphatic heterocycles. The first kappa shape index (κ1) is 15.3. The molecule has 0 aromatic carbocycles. The molecular formula is C15H22N4O2. The second-order valence-electron chi connectivity index (χ2n) is 5.22. The molecule has 114 valence electrons. The average molecular weight is 290 g/mol. The SMILES string of the molecule is C=CC(=O)NCCC(=O)N1CCCCC1c1ccnn1C. The third kappa shape index (κ3) is 3.71. The molecule has 6 nitrogen and oxygen atoms in total. The van der Waals surface area contributed by atoms with Gasteiger partial charge in [-0.2, -0.15) is 5.10 Å². The minimum Gasteiger partial charge on any atom is -0.352 e. The van der Waals surface area contributed by atoms with E-state index in [9.17, 15) is 9.59 Å². The maximum absolute atomic E-state index is 12.4. The molecule has 0 radical (unpaired) electrons. The zero-order valence-corrected chi connectivity index (χ0v) is 12.4. The lowest BCUT2D eigenvalue weighted by Crippen LogP contribution is -2.40. The molecular weight excluding hydrogens is 268 g/mol. The van der Waals surface area contributed by atoms with E-state index in [2.05, 4.69) is 17.0 Å². The molecule has 0 saturated carbocycles. The third-order valence-corrected chi connectivity index (χ3v) is 3.85. The molecule has 1 fully saturated rings. The average Bonchev–Trinajstić information content (AvgIpc) is 2.93. The van der Waals surface area contributed by atoms with Gasteiger partial charge in [0.2, 0.25) is 11.8 Å². The van der Waals surface area contributed by atoms with E-state index in [4.69, 9.17) is 0 Å². The molecule has 1 aliphatic rings. The predicted molar refractivity (Wildman–Crippen MR) is 79.3 cm³/mol. The Bertz CT molecular complexity index is 523. The van der Waals surface area contributed by atoms with Gasteiger partial charge in [0.25, 0.3) is 0 Å². The van der Waals surface area contributed by atoms with E-state index in [0.29, 0.717) is 13.0 Å². The van der Waals surface area contributed by atoms with Crippen LogP contribution >= 0.6 is 0 Å². The molecule has 2 heterocycles. The number of hydrogen-bond donors (Lipinski definition) is 1. The molecule has 0 bridgehead atoms. The fourth-order valence-electron chi connectivity index (χ4n) is 2.76. The van der Waals surface area contributed by atoms with Crippen LogP contribution in [0.25, 0.3) is 0 Å². The normalized spacial score (nSPS) is 18.3. The number of likely N-dealkylation sites (tertiary alicyclic amines) is 1. The van der Waals surface area contributed by atoms with Crippen LogP contribution in [0.2, 0.25) is 0 Å². The molecule has 1 atom stereocenters. The van der Waals surface area contributed by atoms with Gasteiger partial charge in [-0.05, 0) is 31.4 Å². The van der Waals surface area contributed by atoms with Crippen molar-refractivity contribution in [3.05, 3.63) is 30.6 Å². The number of rotatable bonds is 5. The minimum absolute atomic E-state index is 0.0743. The Labute approximate surface area is 124 Å². The van der Waals surface area contributed by atoms with Crippen LogP contribution in [0.1, 0.15) is 37.4 Å². The first-order valence-electron chi connectivity index (χ1n) is 7.31. The lowest BCUT2D eigenvalue weighted by Gasteiger charge is -2.36. The summed E-state index contributed by atoms with van der Waals surface area (Å²) in [6, 6.07) is 2.06. The van der Waals surface area contributed by atoms with E-state index in [1.165, 1.54) is 6.08 Å². The number of carbonyl (C=O) groups excluding carboxylic acids is 2. The number of carbonyl (C=O) groups is 2. The number of piperidine rings is 1. The van der Waals surface area contributed by atoms with Crippen LogP contribution in [-0.4, -0.2) is 39.6 Å². The zero-order valence-electron chi connectivity index (χ0n) is 12.4. The molecule has 0 aliphatic carbocycles. The molecule has 0 spiro atoms. The maximum atomic E-state index is 12.4. The molecule has 1 saturated heterocycles. The molecule has 1 N–H and O–H groups in total. The summed E-state index contributed by atoms with van der Waals surface area (Å²) < 4.78 is 1.83. The Morgan fingerprint density at radius 3 is 3.00 bits per heavy atom. The van der Waals surface area contributed by atoms with E-state index in [0.717, 1.165) is 31.5 Å². The van der Waals surface area contributed by atoms with Crippen molar-refractivity contribution in [2.45, 2.75) is 31.7 Å². The van der Waals surface area contributed by atoms with Gasteiger partial charge >= 0.3 is 0 Å². The summed E-state index contributed by atoms with van der Waals surface area (Å²) in [5.74, 6) is -0.171. The first-order chi connectivity index (χ1) is 10.1. The van der Waals surface area contributed by atoms with Crippen molar-refractivity contribution in [1.82, 2.24) is 20.0 Å². The van der Waals surface area contributed by atoms with Crippen molar-refractivity contribution < 1.29 is 9.59 Å². The van der Waals surface area contributed by atoms with E-state index in [1.807, 2.05) is 22.7 Å². The number of aromatic nitrogens is 2. The summed E-state index contributed by atoms with van der Waals surface area (Å²) in [5, 5.41) is 6.83. The predicted octanol–water partition coefficient (Wildman–Crippen LogP) is 1.17. The second kappa shape index (κ2) is 7.06. The molecule has 21 heavy (non-hydrogen) atoms. The molecule has 1 unspecified atom stereocenters. The van der Waals surface area contributed by atoms with Gasteiger partial charge in [0, 0.05) is 32.8 Å². The lowest BCUT2D eigenvalue weighted by atomic mass is 9.98. The Morgan fingerprint density at radius 1 is 1.52 bits per heavy atom. The molecule has 2 amide bonds. The van der Waals surface area contributed by atoms with Gasteiger partial charge in [-0.25, -0.2) is 0 Å². The Kier molecular flexibility index (Phi) is 5.14. The quantitative estimate of drug-likeness (QED) is 0.828. The Hall–Kier alpha value is -2.11. The van der Waals surface area contributed by atoms with E-state index in [-0.39, 0.29) is 17.9 Å². The van der Waals surface area contributed by atoms with Gasteiger partial charge < -0.3 is 10.2 Å². The smallest absolute Gasteiger partial charge is 0.243 e. The molecule has 6 heteroatoms. The topological polar surface area (TPSA) is 67.2 Å². The van der Waals surface area contributed by atoms with Gasteiger partial charge in [-0.1, -0.05) is 6.58 Å².